The van der Waals surface area contributed by atoms with Gasteiger partial charge in [0.1, 0.15) is 5.75 Å². The SMILES string of the molecule is CN1C(=O)[C@H]2[C@H](CC=C3[C@H]2C[C@@]2(Cl)C(=O)N(CBr)C(=O)[C@@]2(Cl)[C@H]3c2ccc3ccccc3c2O)C1=O. The smallest absolute Gasteiger partial charge is 0.254 e. The van der Waals surface area contributed by atoms with E-state index in [-0.39, 0.29) is 29.4 Å². The number of carbonyl (C=O) groups excluding carboxylic acids is 4. The topological polar surface area (TPSA) is 95.0 Å². The van der Waals surface area contributed by atoms with Crippen molar-refractivity contribution in [1.82, 2.24) is 9.80 Å². The molecule has 4 amide bonds. The summed E-state index contributed by atoms with van der Waals surface area (Å²) in [6, 6.07) is 10.8. The molecule has 36 heavy (non-hydrogen) atoms. The number of hydrogen-bond donors (Lipinski definition) is 1. The minimum Gasteiger partial charge on any atom is -0.507 e. The van der Waals surface area contributed by atoms with E-state index in [1.54, 1.807) is 18.2 Å². The van der Waals surface area contributed by atoms with Gasteiger partial charge in [-0.1, -0.05) is 64.0 Å². The fourth-order valence-corrected chi connectivity index (χ4v) is 8.18. The van der Waals surface area contributed by atoms with Gasteiger partial charge in [0, 0.05) is 23.9 Å². The van der Waals surface area contributed by atoms with Crippen molar-refractivity contribution >= 4 is 73.5 Å². The van der Waals surface area contributed by atoms with Crippen LogP contribution in [0.15, 0.2) is 48.0 Å². The Morgan fingerprint density at radius 1 is 1.03 bits per heavy atom. The Kier molecular flexibility index (Phi) is 5.18. The fraction of sp³-hybridized carbons (Fsp3) is 0.385. The molecule has 186 valence electrons. The van der Waals surface area contributed by atoms with Gasteiger partial charge in [-0.05, 0) is 24.1 Å². The fourth-order valence-electron chi connectivity index (χ4n) is 6.76. The Labute approximate surface area is 225 Å². The molecule has 2 aliphatic carbocycles. The van der Waals surface area contributed by atoms with Crippen LogP contribution in [0.3, 0.4) is 0 Å². The standard InChI is InChI=1S/C26H21BrCl2N2O5/c1-30-21(33)15-9-8-14-17(18(15)22(30)34)10-25(28)23(35)31(11-27)24(36)26(25,29)19(14)16-7-6-12-4-2-3-5-13(12)20(16)32/h2-8,15,17-19,32H,9-11H2,1H3/t15-,17+,18-,19+,25+,26-/m0/s1. The Balaban J connectivity index is 1.63. The number of hydrogen-bond acceptors (Lipinski definition) is 5. The van der Waals surface area contributed by atoms with Crippen LogP contribution < -0.4 is 0 Å². The van der Waals surface area contributed by atoms with Crippen molar-refractivity contribution in [1.29, 1.82) is 0 Å². The van der Waals surface area contributed by atoms with Crippen LogP contribution in [0.25, 0.3) is 10.8 Å². The van der Waals surface area contributed by atoms with Crippen LogP contribution in [0, 0.1) is 17.8 Å². The van der Waals surface area contributed by atoms with Gasteiger partial charge in [-0.15, -0.1) is 23.2 Å². The molecule has 2 heterocycles. The Bertz CT molecular complexity index is 1430. The number of rotatable bonds is 2. The minimum absolute atomic E-state index is 0.0655. The molecular formula is C26H21BrCl2N2O5. The van der Waals surface area contributed by atoms with Crippen LogP contribution in [0.2, 0.25) is 0 Å². The second kappa shape index (κ2) is 7.79. The molecule has 2 saturated heterocycles. The number of likely N-dealkylation sites (tertiary alicyclic amines) is 2. The Hall–Kier alpha value is -2.42. The summed E-state index contributed by atoms with van der Waals surface area (Å²) in [4.78, 5) is 51.6. The van der Waals surface area contributed by atoms with Crippen molar-refractivity contribution in [3.05, 3.63) is 53.6 Å². The lowest BCUT2D eigenvalue weighted by Gasteiger charge is -2.50. The van der Waals surface area contributed by atoms with Crippen molar-refractivity contribution in [3.63, 3.8) is 0 Å². The van der Waals surface area contributed by atoms with E-state index in [1.807, 2.05) is 24.3 Å². The quantitative estimate of drug-likeness (QED) is 0.247. The molecule has 2 aromatic carbocycles. The summed E-state index contributed by atoms with van der Waals surface area (Å²) in [5, 5.41) is 12.8. The van der Waals surface area contributed by atoms with E-state index in [2.05, 4.69) is 15.9 Å². The lowest BCUT2D eigenvalue weighted by Crippen LogP contribution is -2.60. The first-order chi connectivity index (χ1) is 17.1. The average Bonchev–Trinajstić information content (AvgIpc) is 3.18. The highest BCUT2D eigenvalue weighted by Gasteiger charge is 2.76. The molecular weight excluding hydrogens is 571 g/mol. The van der Waals surface area contributed by atoms with E-state index in [0.29, 0.717) is 22.9 Å². The van der Waals surface area contributed by atoms with Crippen molar-refractivity contribution in [2.24, 2.45) is 17.8 Å². The third-order valence-electron chi connectivity index (χ3n) is 8.48. The highest BCUT2D eigenvalue weighted by molar-refractivity contribution is 9.09. The summed E-state index contributed by atoms with van der Waals surface area (Å²) >= 11 is 17.5. The number of carbonyl (C=O) groups is 4. The number of alkyl halides is 3. The number of imide groups is 2. The van der Waals surface area contributed by atoms with Crippen LogP contribution in [-0.2, 0) is 19.2 Å². The molecule has 2 aromatic rings. The average molecular weight is 592 g/mol. The summed E-state index contributed by atoms with van der Waals surface area (Å²) < 4.78 is 0. The van der Waals surface area contributed by atoms with Crippen molar-refractivity contribution in [3.8, 4) is 5.75 Å². The van der Waals surface area contributed by atoms with Crippen LogP contribution in [-0.4, -0.2) is 60.8 Å². The summed E-state index contributed by atoms with van der Waals surface area (Å²) in [7, 11) is 1.46. The van der Waals surface area contributed by atoms with E-state index in [4.69, 9.17) is 23.2 Å². The Morgan fingerprint density at radius 3 is 2.47 bits per heavy atom. The molecule has 3 fully saturated rings. The molecule has 4 aliphatic rings. The third kappa shape index (κ3) is 2.70. The zero-order valence-corrected chi connectivity index (χ0v) is 22.2. The van der Waals surface area contributed by atoms with E-state index in [0.717, 1.165) is 15.2 Å². The maximum atomic E-state index is 13.8. The summed E-state index contributed by atoms with van der Waals surface area (Å²) in [6.45, 7) is 0. The first kappa shape index (κ1) is 23.9. The van der Waals surface area contributed by atoms with Crippen LogP contribution in [0.5, 0.6) is 5.75 Å². The highest BCUT2D eigenvalue weighted by atomic mass is 79.9. The second-order valence-electron chi connectivity index (χ2n) is 9.95. The molecule has 6 atom stereocenters. The second-order valence-corrected chi connectivity index (χ2v) is 11.7. The van der Waals surface area contributed by atoms with Crippen molar-refractivity contribution < 1.29 is 24.3 Å². The monoisotopic (exact) mass is 590 g/mol. The number of amides is 4. The summed E-state index contributed by atoms with van der Waals surface area (Å²) in [5.41, 5.74) is 0.910. The number of halogens is 3. The molecule has 0 bridgehead atoms. The molecule has 10 heteroatoms. The predicted molar refractivity (Wildman–Crippen MR) is 137 cm³/mol. The summed E-state index contributed by atoms with van der Waals surface area (Å²) in [5.74, 6) is -4.86. The molecule has 0 radical (unpaired) electrons. The molecule has 6 rings (SSSR count). The van der Waals surface area contributed by atoms with E-state index >= 15 is 0 Å². The van der Waals surface area contributed by atoms with Crippen molar-refractivity contribution in [2.75, 3.05) is 12.5 Å². The largest absolute Gasteiger partial charge is 0.507 e. The Morgan fingerprint density at radius 2 is 1.75 bits per heavy atom. The first-order valence-corrected chi connectivity index (χ1v) is 13.5. The molecule has 0 aromatic heterocycles. The van der Waals surface area contributed by atoms with Gasteiger partial charge in [0.05, 0.1) is 17.3 Å². The molecule has 1 N–H and O–H groups in total. The van der Waals surface area contributed by atoms with Crippen molar-refractivity contribution in [2.45, 2.75) is 28.5 Å². The van der Waals surface area contributed by atoms with Crippen LogP contribution in [0.1, 0.15) is 24.3 Å². The van der Waals surface area contributed by atoms with Gasteiger partial charge >= 0.3 is 0 Å². The number of nitrogens with zero attached hydrogens (tertiary/aromatic N) is 2. The summed E-state index contributed by atoms with van der Waals surface area (Å²) in [6.07, 6.45) is 2.07. The van der Waals surface area contributed by atoms with Gasteiger partial charge in [-0.25, -0.2) is 0 Å². The molecule has 1 saturated carbocycles. The number of aromatic hydroxyl groups is 1. The van der Waals surface area contributed by atoms with Gasteiger partial charge in [0.15, 0.2) is 9.75 Å². The molecule has 0 spiro atoms. The number of phenols is 1. The van der Waals surface area contributed by atoms with Gasteiger partial charge in [0.2, 0.25) is 11.8 Å². The zero-order chi connectivity index (χ0) is 25.7. The minimum atomic E-state index is -1.94. The predicted octanol–water partition coefficient (Wildman–Crippen LogP) is 3.89. The normalized spacial score (nSPS) is 35.7. The number of allylic oxidation sites excluding steroid dienone is 2. The maximum Gasteiger partial charge on any atom is 0.254 e. The van der Waals surface area contributed by atoms with Gasteiger partial charge < -0.3 is 5.11 Å². The maximum absolute atomic E-state index is 13.8. The molecule has 7 nitrogen and oxygen atoms in total. The zero-order valence-electron chi connectivity index (χ0n) is 19.1. The van der Waals surface area contributed by atoms with Gasteiger partial charge in [-0.3, -0.25) is 29.0 Å². The van der Waals surface area contributed by atoms with Crippen LogP contribution >= 0.6 is 39.1 Å². The van der Waals surface area contributed by atoms with Gasteiger partial charge in [-0.2, -0.15) is 0 Å². The van der Waals surface area contributed by atoms with E-state index in [9.17, 15) is 24.3 Å². The molecule has 0 unspecified atom stereocenters. The lowest BCUT2D eigenvalue weighted by atomic mass is 9.56. The highest BCUT2D eigenvalue weighted by Crippen LogP contribution is 2.66. The first-order valence-electron chi connectivity index (χ1n) is 11.6. The van der Waals surface area contributed by atoms with E-state index < -0.39 is 45.2 Å². The lowest BCUT2D eigenvalue weighted by molar-refractivity contribution is -0.140. The number of benzene rings is 2. The third-order valence-corrected chi connectivity index (χ3v) is 10.4. The number of phenolic OH excluding ortho intramolecular Hbond substituents is 1. The van der Waals surface area contributed by atoms with Gasteiger partial charge in [0.25, 0.3) is 11.8 Å². The van der Waals surface area contributed by atoms with Crippen LogP contribution in [0.4, 0.5) is 0 Å². The van der Waals surface area contributed by atoms with E-state index in [1.165, 1.54) is 7.05 Å². The molecule has 2 aliphatic heterocycles. The number of fused-ring (bicyclic) bond motifs is 5.